The van der Waals surface area contributed by atoms with Crippen molar-refractivity contribution in [1.29, 1.82) is 0 Å². The van der Waals surface area contributed by atoms with E-state index in [4.69, 9.17) is 5.73 Å². The van der Waals surface area contributed by atoms with Crippen LogP contribution in [-0.2, 0) is 4.79 Å². The zero-order valence-electron chi connectivity index (χ0n) is 8.25. The van der Waals surface area contributed by atoms with Crippen LogP contribution in [0.1, 0.15) is 19.8 Å². The molecule has 0 saturated carbocycles. The second kappa shape index (κ2) is 5.19. The van der Waals surface area contributed by atoms with Crippen molar-refractivity contribution in [3.05, 3.63) is 0 Å². The third-order valence-corrected chi connectivity index (χ3v) is 2.39. The predicted molar refractivity (Wildman–Crippen MR) is 52.3 cm³/mol. The summed E-state index contributed by atoms with van der Waals surface area (Å²) in [6.07, 6.45) is 1.86. The van der Waals surface area contributed by atoms with Gasteiger partial charge in [-0.1, -0.05) is 6.92 Å². The molecular formula is C9H19N3O. The number of hydrogen-bond donors (Lipinski definition) is 2. The summed E-state index contributed by atoms with van der Waals surface area (Å²) in [5.41, 5.74) is 5.47. The highest BCUT2D eigenvalue weighted by molar-refractivity contribution is 5.82. The van der Waals surface area contributed by atoms with E-state index in [0.717, 1.165) is 32.5 Å². The van der Waals surface area contributed by atoms with Gasteiger partial charge < -0.3 is 11.1 Å². The number of hydrogen-bond acceptors (Lipinski definition) is 3. The molecule has 1 unspecified atom stereocenters. The number of piperazine rings is 1. The second-order valence-corrected chi connectivity index (χ2v) is 3.42. The van der Waals surface area contributed by atoms with Crippen LogP contribution in [0.2, 0.25) is 0 Å². The van der Waals surface area contributed by atoms with E-state index < -0.39 is 0 Å². The van der Waals surface area contributed by atoms with E-state index in [1.54, 1.807) is 0 Å². The molecule has 1 amide bonds. The average molecular weight is 185 g/mol. The maximum absolute atomic E-state index is 11.5. The first-order chi connectivity index (χ1) is 6.29. The zero-order chi connectivity index (χ0) is 9.68. The zero-order valence-corrected chi connectivity index (χ0v) is 8.25. The maximum Gasteiger partial charge on any atom is 0.237 e. The Morgan fingerprint density at radius 1 is 1.69 bits per heavy atom. The summed E-state index contributed by atoms with van der Waals surface area (Å²) in [4.78, 5) is 13.7. The molecule has 0 aromatic rings. The number of amides is 1. The standard InChI is InChI=1S/C9H19N3O/c1-2-6-12-7-5-11-9(13)8(12)3-4-10/h8H,2-7,10H2,1H3,(H,11,13). The SMILES string of the molecule is CCCN1CCNC(=O)C1CCN. The normalized spacial score (nSPS) is 24.5. The minimum Gasteiger partial charge on any atom is -0.353 e. The van der Waals surface area contributed by atoms with E-state index in [9.17, 15) is 4.79 Å². The number of nitrogens with one attached hydrogen (secondary N) is 1. The van der Waals surface area contributed by atoms with Gasteiger partial charge in [-0.2, -0.15) is 0 Å². The lowest BCUT2D eigenvalue weighted by Gasteiger charge is -2.34. The lowest BCUT2D eigenvalue weighted by atomic mass is 10.1. The first-order valence-electron chi connectivity index (χ1n) is 5.01. The minimum atomic E-state index is 0.0127. The molecule has 76 valence electrons. The number of rotatable bonds is 4. The molecule has 0 spiro atoms. The average Bonchev–Trinajstić information content (AvgIpc) is 2.11. The Labute approximate surface area is 79.5 Å². The molecule has 0 radical (unpaired) electrons. The Morgan fingerprint density at radius 3 is 3.08 bits per heavy atom. The molecule has 1 rings (SSSR count). The molecule has 3 N–H and O–H groups in total. The maximum atomic E-state index is 11.5. The van der Waals surface area contributed by atoms with Crippen LogP contribution < -0.4 is 11.1 Å². The summed E-state index contributed by atoms with van der Waals surface area (Å²) >= 11 is 0. The highest BCUT2D eigenvalue weighted by atomic mass is 16.2. The van der Waals surface area contributed by atoms with Crippen molar-refractivity contribution in [2.24, 2.45) is 5.73 Å². The molecule has 1 aliphatic rings. The van der Waals surface area contributed by atoms with Gasteiger partial charge in [0.2, 0.25) is 5.91 Å². The number of nitrogens with zero attached hydrogens (tertiary/aromatic N) is 1. The van der Waals surface area contributed by atoms with Crippen LogP contribution in [-0.4, -0.2) is 43.0 Å². The molecule has 4 heteroatoms. The van der Waals surface area contributed by atoms with E-state index in [-0.39, 0.29) is 11.9 Å². The third-order valence-electron chi connectivity index (χ3n) is 2.39. The van der Waals surface area contributed by atoms with Crippen molar-refractivity contribution >= 4 is 5.91 Å². The molecule has 1 aliphatic heterocycles. The summed E-state index contributed by atoms with van der Waals surface area (Å²) in [7, 11) is 0. The molecule has 0 bridgehead atoms. The molecule has 0 aliphatic carbocycles. The van der Waals surface area contributed by atoms with Gasteiger partial charge in [0.05, 0.1) is 6.04 Å². The van der Waals surface area contributed by atoms with Crippen molar-refractivity contribution in [1.82, 2.24) is 10.2 Å². The fraction of sp³-hybridized carbons (Fsp3) is 0.889. The molecule has 0 aromatic carbocycles. The molecule has 13 heavy (non-hydrogen) atoms. The monoisotopic (exact) mass is 185 g/mol. The lowest BCUT2D eigenvalue weighted by molar-refractivity contribution is -0.129. The molecule has 4 nitrogen and oxygen atoms in total. The lowest BCUT2D eigenvalue weighted by Crippen LogP contribution is -2.55. The van der Waals surface area contributed by atoms with Gasteiger partial charge in [0.15, 0.2) is 0 Å². The topological polar surface area (TPSA) is 58.4 Å². The predicted octanol–water partition coefficient (Wildman–Crippen LogP) is -0.454. The highest BCUT2D eigenvalue weighted by Crippen LogP contribution is 2.08. The van der Waals surface area contributed by atoms with Crippen molar-refractivity contribution in [2.75, 3.05) is 26.2 Å². The minimum absolute atomic E-state index is 0.0127. The van der Waals surface area contributed by atoms with Crippen LogP contribution in [0, 0.1) is 0 Å². The Kier molecular flexibility index (Phi) is 4.18. The van der Waals surface area contributed by atoms with E-state index in [1.165, 1.54) is 0 Å². The molecule has 1 heterocycles. The van der Waals surface area contributed by atoms with Crippen LogP contribution >= 0.6 is 0 Å². The molecule has 1 atom stereocenters. The van der Waals surface area contributed by atoms with E-state index in [0.29, 0.717) is 6.54 Å². The number of nitrogens with two attached hydrogens (primary N) is 1. The van der Waals surface area contributed by atoms with Gasteiger partial charge in [-0.3, -0.25) is 9.69 Å². The molecule has 1 saturated heterocycles. The van der Waals surface area contributed by atoms with Gasteiger partial charge in [-0.15, -0.1) is 0 Å². The summed E-state index contributed by atoms with van der Waals surface area (Å²) in [6.45, 7) is 5.45. The van der Waals surface area contributed by atoms with Crippen LogP contribution in [0.3, 0.4) is 0 Å². The Balaban J connectivity index is 2.51. The summed E-state index contributed by atoms with van der Waals surface area (Å²) in [5.74, 6) is 0.144. The Morgan fingerprint density at radius 2 is 2.46 bits per heavy atom. The van der Waals surface area contributed by atoms with Gasteiger partial charge in [-0.25, -0.2) is 0 Å². The summed E-state index contributed by atoms with van der Waals surface area (Å²) < 4.78 is 0. The van der Waals surface area contributed by atoms with E-state index in [2.05, 4.69) is 17.1 Å². The van der Waals surface area contributed by atoms with Crippen molar-refractivity contribution in [3.8, 4) is 0 Å². The summed E-state index contributed by atoms with van der Waals surface area (Å²) in [5, 5.41) is 2.87. The first-order valence-corrected chi connectivity index (χ1v) is 5.01. The van der Waals surface area contributed by atoms with E-state index in [1.807, 2.05) is 0 Å². The molecular weight excluding hydrogens is 166 g/mol. The van der Waals surface area contributed by atoms with Crippen molar-refractivity contribution < 1.29 is 4.79 Å². The van der Waals surface area contributed by atoms with Crippen LogP contribution in [0.25, 0.3) is 0 Å². The van der Waals surface area contributed by atoms with Crippen molar-refractivity contribution in [3.63, 3.8) is 0 Å². The Hall–Kier alpha value is -0.610. The van der Waals surface area contributed by atoms with Gasteiger partial charge in [0, 0.05) is 13.1 Å². The van der Waals surface area contributed by atoms with Gasteiger partial charge >= 0.3 is 0 Å². The molecule has 1 fully saturated rings. The second-order valence-electron chi connectivity index (χ2n) is 3.42. The number of carbonyl (C=O) groups excluding carboxylic acids is 1. The van der Waals surface area contributed by atoms with E-state index >= 15 is 0 Å². The fourth-order valence-electron chi connectivity index (χ4n) is 1.79. The van der Waals surface area contributed by atoms with Crippen LogP contribution in [0.15, 0.2) is 0 Å². The van der Waals surface area contributed by atoms with Gasteiger partial charge in [0.25, 0.3) is 0 Å². The number of carbonyl (C=O) groups is 1. The smallest absolute Gasteiger partial charge is 0.237 e. The fourth-order valence-corrected chi connectivity index (χ4v) is 1.79. The van der Waals surface area contributed by atoms with Gasteiger partial charge in [-0.05, 0) is 25.9 Å². The first kappa shape index (κ1) is 10.5. The summed E-state index contributed by atoms with van der Waals surface area (Å²) in [6, 6.07) is 0.0127. The van der Waals surface area contributed by atoms with Crippen LogP contribution in [0.4, 0.5) is 0 Å². The van der Waals surface area contributed by atoms with Gasteiger partial charge in [0.1, 0.15) is 0 Å². The third kappa shape index (κ3) is 2.67. The Bertz CT molecular complexity index is 170. The van der Waals surface area contributed by atoms with Crippen molar-refractivity contribution in [2.45, 2.75) is 25.8 Å². The quantitative estimate of drug-likeness (QED) is 0.623. The largest absolute Gasteiger partial charge is 0.353 e. The van der Waals surface area contributed by atoms with Crippen LogP contribution in [0.5, 0.6) is 0 Å². The highest BCUT2D eigenvalue weighted by Gasteiger charge is 2.27. The molecule has 0 aromatic heterocycles.